The Kier molecular flexibility index (Phi) is 3.16. The van der Waals surface area contributed by atoms with Crippen molar-refractivity contribution < 1.29 is 9.32 Å². The zero-order valence-electron chi connectivity index (χ0n) is 13.4. The first-order valence-electron chi connectivity index (χ1n) is 8.36. The van der Waals surface area contributed by atoms with Gasteiger partial charge >= 0.3 is 0 Å². The fourth-order valence-electron chi connectivity index (χ4n) is 3.01. The van der Waals surface area contributed by atoms with Crippen LogP contribution in [-0.2, 0) is 0 Å². The molecule has 2 aliphatic rings. The molecule has 8 heteroatoms. The van der Waals surface area contributed by atoms with Crippen molar-refractivity contribution in [1.29, 1.82) is 0 Å². The molecule has 4 heterocycles. The van der Waals surface area contributed by atoms with E-state index in [-0.39, 0.29) is 11.9 Å². The van der Waals surface area contributed by atoms with Crippen LogP contribution < -0.4 is 0 Å². The summed E-state index contributed by atoms with van der Waals surface area (Å²) in [6, 6.07) is 5.53. The Hall–Kier alpha value is -3.03. The fraction of sp³-hybridized carbons (Fsp3) is 0.353. The third-order valence-corrected chi connectivity index (χ3v) is 4.72. The van der Waals surface area contributed by atoms with Gasteiger partial charge in [0.15, 0.2) is 11.5 Å². The highest BCUT2D eigenvalue weighted by Crippen LogP contribution is 2.39. The summed E-state index contributed by atoms with van der Waals surface area (Å²) >= 11 is 0. The Morgan fingerprint density at radius 1 is 1.28 bits per heavy atom. The van der Waals surface area contributed by atoms with Gasteiger partial charge in [0.05, 0.1) is 11.7 Å². The summed E-state index contributed by atoms with van der Waals surface area (Å²) in [6.07, 6.45) is 7.79. The lowest BCUT2D eigenvalue weighted by molar-refractivity contribution is 0.0488. The van der Waals surface area contributed by atoms with Crippen molar-refractivity contribution in [1.82, 2.24) is 30.0 Å². The largest absolute Gasteiger partial charge is 0.355 e. The second-order valence-electron chi connectivity index (χ2n) is 6.58. The highest BCUT2D eigenvalue weighted by molar-refractivity contribution is 5.93. The molecule has 0 bridgehead atoms. The minimum absolute atomic E-state index is 0.127. The maximum Gasteiger partial charge on any atom is 0.276 e. The molecule has 25 heavy (non-hydrogen) atoms. The van der Waals surface area contributed by atoms with Crippen LogP contribution in [0.3, 0.4) is 0 Å². The lowest BCUT2D eigenvalue weighted by Crippen LogP contribution is -2.51. The van der Waals surface area contributed by atoms with Gasteiger partial charge in [-0.3, -0.25) is 9.78 Å². The van der Waals surface area contributed by atoms with Crippen LogP contribution in [0.15, 0.2) is 41.3 Å². The van der Waals surface area contributed by atoms with Crippen molar-refractivity contribution in [2.24, 2.45) is 0 Å². The first-order chi connectivity index (χ1) is 12.3. The molecular formula is C17H16N6O2. The summed E-state index contributed by atoms with van der Waals surface area (Å²) < 4.78 is 7.15. The normalized spacial score (nSPS) is 17.5. The second-order valence-corrected chi connectivity index (χ2v) is 6.58. The van der Waals surface area contributed by atoms with Gasteiger partial charge in [-0.15, -0.1) is 5.10 Å². The zero-order valence-corrected chi connectivity index (χ0v) is 13.4. The molecule has 8 nitrogen and oxygen atoms in total. The molecule has 0 unspecified atom stereocenters. The van der Waals surface area contributed by atoms with E-state index < -0.39 is 0 Å². The zero-order chi connectivity index (χ0) is 16.8. The highest BCUT2D eigenvalue weighted by atomic mass is 16.5. The molecule has 0 spiro atoms. The van der Waals surface area contributed by atoms with E-state index in [2.05, 4.69) is 20.5 Å². The second kappa shape index (κ2) is 5.51. The number of carbonyl (C=O) groups is 1. The van der Waals surface area contributed by atoms with Crippen molar-refractivity contribution >= 4 is 5.91 Å². The average Bonchev–Trinajstić information content (AvgIpc) is 3.14. The van der Waals surface area contributed by atoms with E-state index in [0.717, 1.165) is 11.3 Å². The van der Waals surface area contributed by atoms with Crippen LogP contribution in [0.25, 0.3) is 11.3 Å². The van der Waals surface area contributed by atoms with Gasteiger partial charge in [0.25, 0.3) is 5.91 Å². The molecule has 0 atom stereocenters. The summed E-state index contributed by atoms with van der Waals surface area (Å²) in [5.74, 6) is 1.00. The topological polar surface area (TPSA) is 89.9 Å². The molecule has 3 aromatic heterocycles. The lowest BCUT2D eigenvalue weighted by Gasteiger charge is -2.38. The first kappa shape index (κ1) is 14.3. The number of amides is 1. The van der Waals surface area contributed by atoms with E-state index in [4.69, 9.17) is 4.52 Å². The van der Waals surface area contributed by atoms with Gasteiger partial charge in [-0.05, 0) is 25.0 Å². The van der Waals surface area contributed by atoms with Gasteiger partial charge in [0, 0.05) is 49.2 Å². The predicted octanol–water partition coefficient (Wildman–Crippen LogP) is 1.90. The Balaban J connectivity index is 1.24. The molecule has 0 N–H and O–H groups in total. The fourth-order valence-corrected chi connectivity index (χ4v) is 3.01. The Morgan fingerprint density at radius 2 is 2.16 bits per heavy atom. The smallest absolute Gasteiger partial charge is 0.276 e. The van der Waals surface area contributed by atoms with E-state index in [1.54, 1.807) is 23.4 Å². The van der Waals surface area contributed by atoms with Crippen molar-refractivity contribution in [3.8, 4) is 11.3 Å². The van der Waals surface area contributed by atoms with Crippen LogP contribution in [0, 0.1) is 0 Å². The van der Waals surface area contributed by atoms with Crippen molar-refractivity contribution in [3.05, 3.63) is 48.2 Å². The molecule has 0 aromatic carbocycles. The molecule has 1 saturated heterocycles. The number of likely N-dealkylation sites (tertiary alicyclic amines) is 1. The monoisotopic (exact) mass is 336 g/mol. The van der Waals surface area contributed by atoms with E-state index in [0.29, 0.717) is 30.5 Å². The molecule has 126 valence electrons. The Morgan fingerprint density at radius 3 is 2.92 bits per heavy atom. The first-order valence-corrected chi connectivity index (χ1v) is 8.36. The summed E-state index contributed by atoms with van der Waals surface area (Å²) in [5.41, 5.74) is 2.18. The molecule has 1 aliphatic carbocycles. The van der Waals surface area contributed by atoms with Gasteiger partial charge in [-0.25, -0.2) is 4.68 Å². The highest BCUT2D eigenvalue weighted by Gasteiger charge is 2.35. The van der Waals surface area contributed by atoms with E-state index >= 15 is 0 Å². The van der Waals surface area contributed by atoms with Crippen LogP contribution in [0.1, 0.15) is 41.0 Å². The van der Waals surface area contributed by atoms with Gasteiger partial charge in [-0.2, -0.15) is 0 Å². The van der Waals surface area contributed by atoms with Gasteiger partial charge in [-0.1, -0.05) is 10.4 Å². The number of nitrogens with zero attached hydrogens (tertiary/aromatic N) is 6. The van der Waals surface area contributed by atoms with Gasteiger partial charge in [0.2, 0.25) is 0 Å². The minimum Gasteiger partial charge on any atom is -0.355 e. The van der Waals surface area contributed by atoms with Crippen LogP contribution >= 0.6 is 0 Å². The average molecular weight is 336 g/mol. The van der Waals surface area contributed by atoms with Gasteiger partial charge < -0.3 is 9.42 Å². The lowest BCUT2D eigenvalue weighted by atomic mass is 10.1. The van der Waals surface area contributed by atoms with Crippen molar-refractivity contribution in [3.63, 3.8) is 0 Å². The molecule has 0 radical (unpaired) electrons. The van der Waals surface area contributed by atoms with E-state index in [1.807, 2.05) is 23.0 Å². The van der Waals surface area contributed by atoms with E-state index in [9.17, 15) is 4.79 Å². The molecule has 5 rings (SSSR count). The number of rotatable bonds is 4. The molecule has 2 fully saturated rings. The van der Waals surface area contributed by atoms with Crippen LogP contribution in [0.5, 0.6) is 0 Å². The van der Waals surface area contributed by atoms with Crippen LogP contribution in [0.4, 0.5) is 0 Å². The summed E-state index contributed by atoms with van der Waals surface area (Å²) in [4.78, 5) is 18.3. The summed E-state index contributed by atoms with van der Waals surface area (Å²) in [6.45, 7) is 1.22. The number of aromatic nitrogens is 5. The Labute approximate surface area is 143 Å². The molecule has 1 amide bonds. The third-order valence-electron chi connectivity index (χ3n) is 4.72. The molecule has 1 saturated carbocycles. The molecular weight excluding hydrogens is 320 g/mol. The maximum absolute atomic E-state index is 12.5. The maximum atomic E-state index is 12.5. The predicted molar refractivity (Wildman–Crippen MR) is 86.7 cm³/mol. The number of hydrogen-bond donors (Lipinski definition) is 0. The molecule has 3 aromatic rings. The SMILES string of the molecule is O=C(c1cc(-c2cccnc2)on1)N1CC(n2cc(C3CC3)nn2)C1. The number of carbonyl (C=O) groups excluding carboxylic acids is 1. The molecule has 1 aliphatic heterocycles. The third kappa shape index (κ3) is 2.59. The summed E-state index contributed by atoms with van der Waals surface area (Å²) in [7, 11) is 0. The van der Waals surface area contributed by atoms with E-state index in [1.165, 1.54) is 12.8 Å². The van der Waals surface area contributed by atoms with Crippen molar-refractivity contribution in [2.75, 3.05) is 13.1 Å². The van der Waals surface area contributed by atoms with Crippen LogP contribution in [0.2, 0.25) is 0 Å². The number of pyridine rings is 1. The number of hydrogen-bond acceptors (Lipinski definition) is 6. The van der Waals surface area contributed by atoms with Crippen LogP contribution in [-0.4, -0.2) is 49.0 Å². The standard InChI is InChI=1S/C17H16N6O2/c24-17(14-6-16(25-20-14)12-2-1-5-18-7-12)22-8-13(9-22)23-10-15(19-21-23)11-3-4-11/h1-2,5-7,10-11,13H,3-4,8-9H2. The van der Waals surface area contributed by atoms with Crippen molar-refractivity contribution in [2.45, 2.75) is 24.8 Å². The quantitative estimate of drug-likeness (QED) is 0.723. The Bertz CT molecular complexity index is 908. The minimum atomic E-state index is -0.127. The summed E-state index contributed by atoms with van der Waals surface area (Å²) in [5, 5.41) is 12.3. The van der Waals surface area contributed by atoms with Gasteiger partial charge in [0.1, 0.15) is 0 Å².